The van der Waals surface area contributed by atoms with Crippen LogP contribution in [0.15, 0.2) is 48.5 Å². The lowest BCUT2D eigenvalue weighted by Crippen LogP contribution is -2.36. The number of halogens is 3. The van der Waals surface area contributed by atoms with Gasteiger partial charge in [0.05, 0.1) is 5.56 Å². The zero-order valence-electron chi connectivity index (χ0n) is 20.3. The van der Waals surface area contributed by atoms with Crippen molar-refractivity contribution in [3.63, 3.8) is 0 Å². The van der Waals surface area contributed by atoms with Gasteiger partial charge in [-0.2, -0.15) is 13.2 Å². The predicted molar refractivity (Wildman–Crippen MR) is 132 cm³/mol. The van der Waals surface area contributed by atoms with Crippen LogP contribution in [0.5, 0.6) is 5.75 Å². The van der Waals surface area contributed by atoms with E-state index in [1.54, 1.807) is 24.3 Å². The van der Waals surface area contributed by atoms with E-state index in [9.17, 15) is 27.9 Å². The van der Waals surface area contributed by atoms with E-state index < -0.39 is 23.8 Å². The Hall–Kier alpha value is -3.31. The third kappa shape index (κ3) is 14.2. The number of unbranched alkanes of at least 4 members (excludes halogenated alkanes) is 1. The summed E-state index contributed by atoms with van der Waals surface area (Å²) in [7, 11) is 0. The number of alkyl halides is 3. The number of carbonyl (C=O) groups excluding carboxylic acids is 1. The molecule has 0 aliphatic carbocycles. The summed E-state index contributed by atoms with van der Waals surface area (Å²) >= 11 is 0. The quantitative estimate of drug-likeness (QED) is 0.211. The van der Waals surface area contributed by atoms with Crippen LogP contribution in [0.3, 0.4) is 0 Å². The summed E-state index contributed by atoms with van der Waals surface area (Å²) in [4.78, 5) is 21.4. The van der Waals surface area contributed by atoms with Gasteiger partial charge in [0.1, 0.15) is 18.5 Å². The van der Waals surface area contributed by atoms with Crippen molar-refractivity contribution in [2.24, 2.45) is 0 Å². The molecule has 6 N–H and O–H groups in total. The summed E-state index contributed by atoms with van der Waals surface area (Å²) in [5, 5.41) is 24.4. The molecule has 2 atom stereocenters. The lowest BCUT2D eigenvalue weighted by Gasteiger charge is -2.17. The number of amides is 1. The molecule has 0 aromatic heterocycles. The smallest absolute Gasteiger partial charge is 0.416 e. The molecule has 0 fully saturated rings. The molecule has 0 heterocycles. The number of aliphatic hydroxyl groups excluding tert-OH is 1. The first-order chi connectivity index (χ1) is 16.9. The third-order valence-corrected chi connectivity index (χ3v) is 4.83. The molecular weight excluding hydrogens is 479 g/mol. The van der Waals surface area contributed by atoms with Crippen molar-refractivity contribution in [1.29, 1.82) is 0 Å². The molecule has 0 aliphatic rings. The first-order valence-corrected chi connectivity index (χ1v) is 11.4. The average molecular weight is 514 g/mol. The molecule has 200 valence electrons. The zero-order chi connectivity index (χ0) is 27.1. The number of nitrogens with one attached hydrogen (secondary N) is 2. The number of ether oxygens (including phenoxy) is 1. The van der Waals surface area contributed by atoms with Crippen molar-refractivity contribution in [1.82, 2.24) is 5.32 Å². The molecule has 2 aromatic carbocycles. The number of carboxylic acid groups (broad SMARTS) is 1. The maximum Gasteiger partial charge on any atom is 0.416 e. The second-order valence-electron chi connectivity index (χ2n) is 8.24. The van der Waals surface area contributed by atoms with Gasteiger partial charge in [-0.15, -0.1) is 0 Å². The Morgan fingerprint density at radius 3 is 2.19 bits per heavy atom. The van der Waals surface area contributed by atoms with Crippen LogP contribution < -0.4 is 21.1 Å². The minimum Gasteiger partial charge on any atom is -0.491 e. The monoisotopic (exact) mass is 513 g/mol. The molecule has 11 heteroatoms. The first kappa shape index (κ1) is 30.7. The van der Waals surface area contributed by atoms with E-state index in [4.69, 9.17) is 15.6 Å². The number of benzene rings is 2. The van der Waals surface area contributed by atoms with Gasteiger partial charge >= 0.3 is 12.1 Å². The van der Waals surface area contributed by atoms with E-state index in [0.29, 0.717) is 30.1 Å². The van der Waals surface area contributed by atoms with E-state index in [-0.39, 0.29) is 25.0 Å². The van der Waals surface area contributed by atoms with Gasteiger partial charge in [-0.05, 0) is 68.3 Å². The number of rotatable bonds is 12. The molecule has 2 rings (SSSR count). The molecule has 1 amide bonds. The molecule has 0 saturated carbocycles. The summed E-state index contributed by atoms with van der Waals surface area (Å²) < 4.78 is 41.2. The Balaban J connectivity index is 0.000000488. The van der Waals surface area contributed by atoms with E-state index in [2.05, 4.69) is 10.6 Å². The minimum atomic E-state index is -4.27. The molecule has 0 radical (unpaired) electrons. The zero-order valence-corrected chi connectivity index (χ0v) is 20.3. The number of hydrogen-bond donors (Lipinski definition) is 5. The van der Waals surface area contributed by atoms with Crippen LogP contribution in [0, 0.1) is 0 Å². The summed E-state index contributed by atoms with van der Waals surface area (Å²) in [6, 6.07) is 11.5. The van der Waals surface area contributed by atoms with Gasteiger partial charge < -0.3 is 31.3 Å². The van der Waals surface area contributed by atoms with Crippen molar-refractivity contribution in [2.45, 2.75) is 57.9 Å². The number of carbonyl (C=O) groups is 2. The maximum atomic E-state index is 11.9. The maximum absolute atomic E-state index is 11.9. The average Bonchev–Trinajstić information content (AvgIpc) is 2.79. The van der Waals surface area contributed by atoms with Crippen LogP contribution >= 0.6 is 0 Å². The van der Waals surface area contributed by atoms with Gasteiger partial charge in [0, 0.05) is 37.3 Å². The highest BCUT2D eigenvalue weighted by molar-refractivity contribution is 5.88. The van der Waals surface area contributed by atoms with Gasteiger partial charge in [-0.3, -0.25) is 9.59 Å². The molecule has 2 aromatic rings. The fourth-order valence-electron chi connectivity index (χ4n) is 2.93. The van der Waals surface area contributed by atoms with E-state index in [1.165, 1.54) is 19.1 Å². The van der Waals surface area contributed by atoms with Crippen molar-refractivity contribution in [3.05, 3.63) is 54.1 Å². The number of carboxylic acids is 1. The van der Waals surface area contributed by atoms with E-state index in [0.717, 1.165) is 25.0 Å². The Kier molecular flexibility index (Phi) is 13.3. The van der Waals surface area contributed by atoms with Crippen molar-refractivity contribution < 1.29 is 37.7 Å². The van der Waals surface area contributed by atoms with Gasteiger partial charge in [-0.1, -0.05) is 6.42 Å². The topological polar surface area (TPSA) is 134 Å². The van der Waals surface area contributed by atoms with Gasteiger partial charge in [0.15, 0.2) is 0 Å². The van der Waals surface area contributed by atoms with Crippen molar-refractivity contribution in [2.75, 3.05) is 24.2 Å². The van der Waals surface area contributed by atoms with Gasteiger partial charge in [0.25, 0.3) is 0 Å². The summed E-state index contributed by atoms with van der Waals surface area (Å²) in [6.45, 7) is 4.03. The van der Waals surface area contributed by atoms with Crippen LogP contribution in [0.1, 0.15) is 45.1 Å². The van der Waals surface area contributed by atoms with E-state index >= 15 is 0 Å². The Morgan fingerprint density at radius 2 is 1.67 bits per heavy atom. The molecule has 36 heavy (non-hydrogen) atoms. The van der Waals surface area contributed by atoms with Crippen LogP contribution in [0.25, 0.3) is 0 Å². The molecular formula is C25H34F3N3O5. The van der Waals surface area contributed by atoms with Gasteiger partial charge in [0.2, 0.25) is 5.91 Å². The van der Waals surface area contributed by atoms with E-state index in [1.807, 2.05) is 6.92 Å². The summed E-state index contributed by atoms with van der Waals surface area (Å²) in [5.41, 5.74) is 5.55. The van der Waals surface area contributed by atoms with Crippen LogP contribution in [0.2, 0.25) is 0 Å². The number of aliphatic carboxylic acids is 1. The predicted octanol–water partition coefficient (Wildman–Crippen LogP) is 4.30. The Bertz CT molecular complexity index is 922. The number of nitrogens with two attached hydrogens (primary N) is 1. The van der Waals surface area contributed by atoms with Gasteiger partial charge in [-0.25, -0.2) is 0 Å². The van der Waals surface area contributed by atoms with Crippen LogP contribution in [-0.2, 0) is 15.8 Å². The molecule has 2 unspecified atom stereocenters. The van der Waals surface area contributed by atoms with Crippen LogP contribution in [-0.4, -0.2) is 47.4 Å². The summed E-state index contributed by atoms with van der Waals surface area (Å²) in [5.74, 6) is -0.277. The van der Waals surface area contributed by atoms with Crippen molar-refractivity contribution in [3.8, 4) is 5.75 Å². The van der Waals surface area contributed by atoms with Crippen LogP contribution in [0.4, 0.5) is 24.5 Å². The molecule has 0 saturated heterocycles. The largest absolute Gasteiger partial charge is 0.491 e. The number of hydrogen-bond acceptors (Lipinski definition) is 6. The van der Waals surface area contributed by atoms with Crippen molar-refractivity contribution >= 4 is 23.3 Å². The number of anilines is 2. The lowest BCUT2D eigenvalue weighted by atomic mass is 10.1. The second kappa shape index (κ2) is 15.6. The molecule has 8 nitrogen and oxygen atoms in total. The third-order valence-electron chi connectivity index (χ3n) is 4.83. The molecule has 0 bridgehead atoms. The second-order valence-corrected chi connectivity index (χ2v) is 8.24. The minimum absolute atomic E-state index is 0.132. The SMILES string of the molecule is CC(=O)Nc1ccc(OCC(O)CNC(C)CCCCC(=O)O)cc1.Nc1ccc(C(F)(F)F)cc1. The number of aliphatic hydroxyl groups is 1. The molecule has 0 spiro atoms. The lowest BCUT2D eigenvalue weighted by molar-refractivity contribution is -0.138. The highest BCUT2D eigenvalue weighted by Gasteiger charge is 2.29. The Labute approximate surface area is 208 Å². The standard InChI is InChI=1S/C18H28N2O5.C7H6F3N/c1-13(5-3-4-6-18(23)24)19-11-16(22)12-25-17-9-7-15(8-10-17)20-14(2)21;8-7(9,10)5-1-3-6(11)4-2-5/h7-10,13,16,19,22H,3-6,11-12H2,1-2H3,(H,20,21)(H,23,24);1-4H,11H2. The summed E-state index contributed by atoms with van der Waals surface area (Å²) in [6.07, 6.45) is -2.34. The highest BCUT2D eigenvalue weighted by atomic mass is 19.4. The first-order valence-electron chi connectivity index (χ1n) is 11.4. The fourth-order valence-corrected chi connectivity index (χ4v) is 2.93. The molecule has 0 aliphatic heterocycles. The number of nitrogen functional groups attached to an aromatic ring is 1. The highest BCUT2D eigenvalue weighted by Crippen LogP contribution is 2.29. The normalized spacial score (nSPS) is 12.6. The fraction of sp³-hybridized carbons (Fsp3) is 0.440. The Morgan fingerprint density at radius 1 is 1.06 bits per heavy atom.